The van der Waals surface area contributed by atoms with Crippen LogP contribution in [0, 0.1) is 0 Å². The van der Waals surface area contributed by atoms with E-state index in [2.05, 4.69) is 34.6 Å². The lowest BCUT2D eigenvalue weighted by atomic mass is 10.2. The summed E-state index contributed by atoms with van der Waals surface area (Å²) in [5, 5.41) is 5.54. The van der Waals surface area contributed by atoms with E-state index in [0.29, 0.717) is 11.6 Å². The molecule has 0 aliphatic rings. The van der Waals surface area contributed by atoms with Crippen molar-refractivity contribution in [3.63, 3.8) is 0 Å². The number of carbonyl (C=O) groups excluding carboxylic acids is 1. The molecule has 1 amide bonds. The summed E-state index contributed by atoms with van der Waals surface area (Å²) in [4.78, 5) is 16.5. The molecule has 0 unspecified atom stereocenters. The lowest BCUT2D eigenvalue weighted by Crippen LogP contribution is -2.11. The molecule has 0 saturated carbocycles. The number of benzene rings is 2. The largest absolute Gasteiger partial charge is 0.302 e. The third kappa shape index (κ3) is 5.73. The molecule has 0 radical (unpaired) electrons. The average Bonchev–Trinajstić information content (AvgIpc) is 3.11. The summed E-state index contributed by atoms with van der Waals surface area (Å²) in [5.41, 5.74) is 3.30. The minimum absolute atomic E-state index is 0.0364. The van der Waals surface area contributed by atoms with Gasteiger partial charge in [-0.25, -0.2) is 4.98 Å². The van der Waals surface area contributed by atoms with Crippen LogP contribution in [0.5, 0.6) is 0 Å². The number of hydrogen-bond donors (Lipinski definition) is 1. The molecule has 1 heterocycles. The molecule has 1 aromatic heterocycles. The Labute approximate surface area is 156 Å². The highest BCUT2D eigenvalue weighted by atomic mass is 32.2. The number of amides is 1. The van der Waals surface area contributed by atoms with E-state index in [1.54, 1.807) is 0 Å². The summed E-state index contributed by atoms with van der Waals surface area (Å²) in [6.45, 7) is 0. The van der Waals surface area contributed by atoms with Crippen molar-refractivity contribution in [3.8, 4) is 11.3 Å². The van der Waals surface area contributed by atoms with Gasteiger partial charge in [0, 0.05) is 23.1 Å². The van der Waals surface area contributed by atoms with Crippen molar-refractivity contribution in [1.82, 2.24) is 4.98 Å². The van der Waals surface area contributed by atoms with Gasteiger partial charge in [0.2, 0.25) is 5.91 Å². The Morgan fingerprint density at radius 3 is 2.52 bits per heavy atom. The highest BCUT2D eigenvalue weighted by molar-refractivity contribution is 7.98. The minimum atomic E-state index is 0.0364. The minimum Gasteiger partial charge on any atom is -0.302 e. The molecule has 0 fully saturated rings. The Balaban J connectivity index is 1.37. The van der Waals surface area contributed by atoms with E-state index in [1.807, 2.05) is 53.5 Å². The zero-order valence-corrected chi connectivity index (χ0v) is 15.5. The van der Waals surface area contributed by atoms with E-state index in [4.69, 9.17) is 0 Å². The number of rotatable bonds is 8. The number of carbonyl (C=O) groups is 1. The van der Waals surface area contributed by atoms with Gasteiger partial charge in [0.25, 0.3) is 0 Å². The van der Waals surface area contributed by atoms with Gasteiger partial charge in [-0.2, -0.15) is 11.8 Å². The first-order valence-corrected chi connectivity index (χ1v) is 10.3. The van der Waals surface area contributed by atoms with E-state index in [1.165, 1.54) is 16.9 Å². The van der Waals surface area contributed by atoms with Gasteiger partial charge in [0.1, 0.15) is 0 Å². The predicted octanol–water partition coefficient (Wildman–Crippen LogP) is 5.46. The molecule has 128 valence electrons. The normalized spacial score (nSPS) is 10.6. The first-order valence-electron chi connectivity index (χ1n) is 8.24. The Bertz CT molecular complexity index is 788. The molecule has 3 aromatic rings. The lowest BCUT2D eigenvalue weighted by molar-refractivity contribution is -0.116. The first-order chi connectivity index (χ1) is 12.3. The summed E-state index contributed by atoms with van der Waals surface area (Å²) < 4.78 is 0. The van der Waals surface area contributed by atoms with Crippen LogP contribution in [0.3, 0.4) is 0 Å². The SMILES string of the molecule is O=C(CCCSCc1ccccc1)Nc1nc(-c2ccccc2)cs1. The van der Waals surface area contributed by atoms with E-state index in [9.17, 15) is 4.79 Å². The maximum atomic E-state index is 12.0. The molecule has 0 bridgehead atoms. The van der Waals surface area contributed by atoms with Crippen LogP contribution < -0.4 is 5.32 Å². The van der Waals surface area contributed by atoms with Crippen LogP contribution in [0.1, 0.15) is 18.4 Å². The molecule has 0 aliphatic heterocycles. The maximum absolute atomic E-state index is 12.0. The Hall–Kier alpha value is -2.11. The summed E-state index contributed by atoms with van der Waals surface area (Å²) in [6.07, 6.45) is 1.41. The van der Waals surface area contributed by atoms with E-state index in [-0.39, 0.29) is 5.91 Å². The Kier molecular flexibility index (Phi) is 6.65. The van der Waals surface area contributed by atoms with Gasteiger partial charge in [-0.15, -0.1) is 11.3 Å². The second-order valence-electron chi connectivity index (χ2n) is 5.59. The standard InChI is InChI=1S/C20H20N2OS2/c23-19(12-7-13-24-14-16-8-3-1-4-9-16)22-20-21-18(15-25-20)17-10-5-2-6-11-17/h1-6,8-11,15H,7,12-14H2,(H,21,22,23). The first kappa shape index (κ1) is 17.7. The van der Waals surface area contributed by atoms with Crippen molar-refractivity contribution < 1.29 is 4.79 Å². The maximum Gasteiger partial charge on any atom is 0.226 e. The quantitative estimate of drug-likeness (QED) is 0.537. The number of anilines is 1. The fraction of sp³-hybridized carbons (Fsp3) is 0.200. The molecule has 0 atom stereocenters. The zero-order valence-electron chi connectivity index (χ0n) is 13.9. The summed E-state index contributed by atoms with van der Waals surface area (Å²) in [5.74, 6) is 2.01. The van der Waals surface area contributed by atoms with Crippen molar-refractivity contribution >= 4 is 34.1 Å². The number of nitrogens with zero attached hydrogens (tertiary/aromatic N) is 1. The second kappa shape index (κ2) is 9.39. The predicted molar refractivity (Wildman–Crippen MR) is 108 cm³/mol. The van der Waals surface area contributed by atoms with Gasteiger partial charge in [0.15, 0.2) is 5.13 Å². The molecule has 5 heteroatoms. The molecule has 0 saturated heterocycles. The van der Waals surface area contributed by atoms with E-state index < -0.39 is 0 Å². The van der Waals surface area contributed by atoms with Gasteiger partial charge in [-0.3, -0.25) is 4.79 Å². The number of hydrogen-bond acceptors (Lipinski definition) is 4. The lowest BCUT2D eigenvalue weighted by Gasteiger charge is -2.03. The third-order valence-corrected chi connectivity index (χ3v) is 5.50. The Morgan fingerprint density at radius 2 is 1.76 bits per heavy atom. The van der Waals surface area contributed by atoms with Crippen LogP contribution in [-0.4, -0.2) is 16.6 Å². The summed E-state index contributed by atoms with van der Waals surface area (Å²) in [6, 6.07) is 20.4. The van der Waals surface area contributed by atoms with E-state index in [0.717, 1.165) is 29.2 Å². The molecule has 1 N–H and O–H groups in total. The van der Waals surface area contributed by atoms with Crippen molar-refractivity contribution in [1.29, 1.82) is 0 Å². The fourth-order valence-corrected chi connectivity index (χ4v) is 4.01. The van der Waals surface area contributed by atoms with Crippen LogP contribution in [0.2, 0.25) is 0 Å². The van der Waals surface area contributed by atoms with Gasteiger partial charge in [-0.05, 0) is 17.7 Å². The van der Waals surface area contributed by atoms with Crippen LogP contribution in [0.25, 0.3) is 11.3 Å². The molecular weight excluding hydrogens is 348 g/mol. The summed E-state index contributed by atoms with van der Waals surface area (Å²) >= 11 is 3.33. The smallest absolute Gasteiger partial charge is 0.226 e. The topological polar surface area (TPSA) is 42.0 Å². The molecule has 0 spiro atoms. The van der Waals surface area contributed by atoms with Crippen LogP contribution in [-0.2, 0) is 10.5 Å². The van der Waals surface area contributed by atoms with Gasteiger partial charge in [0.05, 0.1) is 5.69 Å². The Morgan fingerprint density at radius 1 is 1.04 bits per heavy atom. The molecule has 3 rings (SSSR count). The van der Waals surface area contributed by atoms with E-state index >= 15 is 0 Å². The highest BCUT2D eigenvalue weighted by Gasteiger charge is 2.07. The average molecular weight is 369 g/mol. The molecule has 3 nitrogen and oxygen atoms in total. The van der Waals surface area contributed by atoms with Crippen molar-refractivity contribution in [3.05, 3.63) is 71.6 Å². The fourth-order valence-electron chi connectivity index (χ4n) is 2.35. The molecular formula is C20H20N2OS2. The van der Waals surface area contributed by atoms with Gasteiger partial charge in [-0.1, -0.05) is 60.7 Å². The van der Waals surface area contributed by atoms with Crippen LogP contribution >= 0.6 is 23.1 Å². The van der Waals surface area contributed by atoms with Crippen molar-refractivity contribution in [2.45, 2.75) is 18.6 Å². The molecule has 0 aliphatic carbocycles. The number of aromatic nitrogens is 1. The third-order valence-electron chi connectivity index (χ3n) is 3.62. The van der Waals surface area contributed by atoms with Crippen LogP contribution in [0.15, 0.2) is 66.0 Å². The number of nitrogens with one attached hydrogen (secondary N) is 1. The number of thiazole rings is 1. The molecule has 25 heavy (non-hydrogen) atoms. The summed E-state index contributed by atoms with van der Waals surface area (Å²) in [7, 11) is 0. The number of thioether (sulfide) groups is 1. The highest BCUT2D eigenvalue weighted by Crippen LogP contribution is 2.24. The van der Waals surface area contributed by atoms with Crippen molar-refractivity contribution in [2.24, 2.45) is 0 Å². The zero-order chi connectivity index (χ0) is 17.3. The van der Waals surface area contributed by atoms with Gasteiger partial charge >= 0.3 is 0 Å². The monoisotopic (exact) mass is 368 g/mol. The second-order valence-corrected chi connectivity index (χ2v) is 7.56. The van der Waals surface area contributed by atoms with Gasteiger partial charge < -0.3 is 5.32 Å². The van der Waals surface area contributed by atoms with Crippen LogP contribution in [0.4, 0.5) is 5.13 Å². The van der Waals surface area contributed by atoms with Crippen molar-refractivity contribution in [2.75, 3.05) is 11.1 Å². The molecule has 2 aromatic carbocycles.